The minimum absolute atomic E-state index is 0.0475. The molecule has 3 rings (SSSR count). The van der Waals surface area contributed by atoms with Crippen LogP contribution in [0.15, 0.2) is 65.7 Å². The van der Waals surface area contributed by atoms with Crippen molar-refractivity contribution >= 4 is 40.7 Å². The van der Waals surface area contributed by atoms with Gasteiger partial charge < -0.3 is 20.1 Å². The number of carbonyl (C=O) groups is 3. The first-order chi connectivity index (χ1) is 15.4. The van der Waals surface area contributed by atoms with Crippen LogP contribution in [0.25, 0.3) is 6.08 Å². The largest absolute Gasteiger partial charge is 0.493 e. The van der Waals surface area contributed by atoms with Crippen molar-refractivity contribution in [2.75, 3.05) is 19.5 Å². The number of ketones is 1. The van der Waals surface area contributed by atoms with E-state index >= 15 is 0 Å². The van der Waals surface area contributed by atoms with Crippen molar-refractivity contribution in [3.63, 3.8) is 0 Å². The number of carbonyl (C=O) groups excluding carboxylic acids is 3. The molecular weight excluding hydrogens is 428 g/mol. The molecule has 0 saturated carbocycles. The van der Waals surface area contributed by atoms with Gasteiger partial charge in [0.25, 0.3) is 11.8 Å². The third-order valence-electron chi connectivity index (χ3n) is 4.51. The maximum atomic E-state index is 13.0. The number of rotatable bonds is 8. The summed E-state index contributed by atoms with van der Waals surface area (Å²) in [7, 11) is 3.05. The summed E-state index contributed by atoms with van der Waals surface area (Å²) in [5, 5.41) is 7.20. The zero-order valence-corrected chi connectivity index (χ0v) is 18.6. The number of amides is 2. The lowest BCUT2D eigenvalue weighted by molar-refractivity contribution is -0.113. The maximum Gasteiger partial charge on any atom is 0.272 e. The molecule has 2 aromatic carbocycles. The zero-order chi connectivity index (χ0) is 23.1. The number of ether oxygens (including phenoxy) is 2. The minimum Gasteiger partial charge on any atom is -0.493 e. The van der Waals surface area contributed by atoms with Gasteiger partial charge in [0, 0.05) is 11.3 Å². The highest BCUT2D eigenvalue weighted by molar-refractivity contribution is 7.12. The number of hydrogen-bond donors (Lipinski definition) is 2. The Balaban J connectivity index is 1.90. The van der Waals surface area contributed by atoms with E-state index in [9.17, 15) is 14.4 Å². The van der Waals surface area contributed by atoms with E-state index in [0.717, 1.165) is 0 Å². The molecule has 1 aromatic heterocycles. The first-order valence-electron chi connectivity index (χ1n) is 9.62. The number of Topliss-reactive ketones (excluding diaryl/α,β-unsaturated/α-hetero) is 1. The molecule has 0 atom stereocenters. The molecule has 2 amide bonds. The fourth-order valence-electron chi connectivity index (χ4n) is 2.85. The lowest BCUT2D eigenvalue weighted by Crippen LogP contribution is -2.30. The van der Waals surface area contributed by atoms with E-state index in [4.69, 9.17) is 9.47 Å². The maximum absolute atomic E-state index is 13.0. The minimum atomic E-state index is -0.514. The highest BCUT2D eigenvalue weighted by Crippen LogP contribution is 2.28. The third kappa shape index (κ3) is 5.61. The highest BCUT2D eigenvalue weighted by atomic mass is 32.1. The molecule has 0 spiro atoms. The van der Waals surface area contributed by atoms with Gasteiger partial charge >= 0.3 is 0 Å². The van der Waals surface area contributed by atoms with Crippen LogP contribution >= 0.6 is 11.3 Å². The van der Waals surface area contributed by atoms with Crippen molar-refractivity contribution in [2.45, 2.75) is 6.92 Å². The molecule has 0 aliphatic carbocycles. The normalized spacial score (nSPS) is 10.9. The van der Waals surface area contributed by atoms with Gasteiger partial charge in [-0.1, -0.05) is 12.1 Å². The first kappa shape index (κ1) is 22.8. The molecule has 0 aliphatic rings. The second kappa shape index (κ2) is 10.4. The summed E-state index contributed by atoms with van der Waals surface area (Å²) in [6.45, 7) is 1.47. The Morgan fingerprint density at radius 2 is 1.66 bits per heavy atom. The molecule has 2 N–H and O–H groups in total. The second-order valence-corrected chi connectivity index (χ2v) is 7.64. The number of nitrogens with one attached hydrogen (secondary N) is 2. The molecule has 0 fully saturated rings. The topological polar surface area (TPSA) is 93.7 Å². The zero-order valence-electron chi connectivity index (χ0n) is 17.8. The summed E-state index contributed by atoms with van der Waals surface area (Å²) in [4.78, 5) is 37.5. The molecule has 164 valence electrons. The number of thiophene rings is 1. The Morgan fingerprint density at radius 1 is 0.938 bits per heavy atom. The van der Waals surface area contributed by atoms with Crippen LogP contribution in [-0.4, -0.2) is 31.8 Å². The monoisotopic (exact) mass is 450 g/mol. The molecule has 0 unspecified atom stereocenters. The molecule has 8 heteroatoms. The summed E-state index contributed by atoms with van der Waals surface area (Å²) in [6, 6.07) is 15.1. The summed E-state index contributed by atoms with van der Waals surface area (Å²) in [5.74, 6) is 0.0587. The molecule has 32 heavy (non-hydrogen) atoms. The van der Waals surface area contributed by atoms with E-state index in [1.807, 2.05) is 0 Å². The van der Waals surface area contributed by atoms with Crippen LogP contribution in [0.2, 0.25) is 0 Å². The van der Waals surface area contributed by atoms with Crippen molar-refractivity contribution in [3.8, 4) is 11.5 Å². The number of hydrogen-bond acceptors (Lipinski definition) is 6. The molecule has 0 bridgehead atoms. The third-order valence-corrected chi connectivity index (χ3v) is 5.37. The number of methoxy groups -OCH3 is 2. The molecule has 0 radical (unpaired) electrons. The number of benzene rings is 2. The Hall–Kier alpha value is -3.91. The van der Waals surface area contributed by atoms with Gasteiger partial charge in [0.15, 0.2) is 17.3 Å². The molecule has 0 saturated heterocycles. The van der Waals surface area contributed by atoms with Crippen LogP contribution in [0.5, 0.6) is 11.5 Å². The lowest BCUT2D eigenvalue weighted by Gasteiger charge is -2.12. The average molecular weight is 451 g/mol. The van der Waals surface area contributed by atoms with Crippen molar-refractivity contribution in [1.82, 2.24) is 5.32 Å². The van der Waals surface area contributed by atoms with Crippen LogP contribution in [0, 0.1) is 0 Å². The van der Waals surface area contributed by atoms with Gasteiger partial charge in [-0.2, -0.15) is 0 Å². The molecule has 7 nitrogen and oxygen atoms in total. The second-order valence-electron chi connectivity index (χ2n) is 6.69. The molecular formula is C24H22N2O5S. The van der Waals surface area contributed by atoms with Crippen LogP contribution in [0.4, 0.5) is 5.69 Å². The predicted octanol–water partition coefficient (Wildman–Crippen LogP) is 4.38. The van der Waals surface area contributed by atoms with Gasteiger partial charge in [0.2, 0.25) is 0 Å². The highest BCUT2D eigenvalue weighted by Gasteiger charge is 2.16. The van der Waals surface area contributed by atoms with E-state index in [1.54, 1.807) is 66.1 Å². The Bertz CT molecular complexity index is 1150. The van der Waals surface area contributed by atoms with E-state index in [0.29, 0.717) is 33.2 Å². The van der Waals surface area contributed by atoms with Gasteiger partial charge in [0.05, 0.1) is 19.1 Å². The van der Waals surface area contributed by atoms with Crippen LogP contribution in [0.1, 0.15) is 32.5 Å². The van der Waals surface area contributed by atoms with Gasteiger partial charge in [0.1, 0.15) is 5.70 Å². The fraction of sp³-hybridized carbons (Fsp3) is 0.125. The van der Waals surface area contributed by atoms with Gasteiger partial charge in [-0.15, -0.1) is 11.3 Å². The van der Waals surface area contributed by atoms with Crippen molar-refractivity contribution in [2.24, 2.45) is 0 Å². The Labute approximate surface area is 189 Å². The van der Waals surface area contributed by atoms with Crippen molar-refractivity contribution < 1.29 is 23.9 Å². The van der Waals surface area contributed by atoms with Gasteiger partial charge in [-0.3, -0.25) is 14.4 Å². The summed E-state index contributed by atoms with van der Waals surface area (Å²) in [6.07, 6.45) is 1.55. The van der Waals surface area contributed by atoms with E-state index < -0.39 is 11.8 Å². The standard InChI is InChI=1S/C24H22N2O5S/c1-15(27)17-7-9-18(10-8-17)25-23(28)19(26-24(29)22-5-4-12-32-22)13-16-6-11-20(30-2)21(14-16)31-3/h4-14H,1-3H3,(H,25,28)(H,26,29)/b19-13-. The Kier molecular flexibility index (Phi) is 7.41. The predicted molar refractivity (Wildman–Crippen MR) is 124 cm³/mol. The summed E-state index contributed by atoms with van der Waals surface area (Å²) in [5.41, 5.74) is 1.70. The van der Waals surface area contributed by atoms with Gasteiger partial charge in [-0.05, 0) is 66.4 Å². The van der Waals surface area contributed by atoms with Crippen LogP contribution in [0.3, 0.4) is 0 Å². The SMILES string of the molecule is COc1ccc(/C=C(\NC(=O)c2cccs2)C(=O)Nc2ccc(C(C)=O)cc2)cc1OC. The van der Waals surface area contributed by atoms with E-state index in [-0.39, 0.29) is 11.5 Å². The van der Waals surface area contributed by atoms with E-state index in [1.165, 1.54) is 32.5 Å². The molecule has 3 aromatic rings. The van der Waals surface area contributed by atoms with Crippen molar-refractivity contribution in [3.05, 3.63) is 81.7 Å². The van der Waals surface area contributed by atoms with Crippen molar-refractivity contribution in [1.29, 1.82) is 0 Å². The number of anilines is 1. The smallest absolute Gasteiger partial charge is 0.272 e. The molecule has 1 heterocycles. The first-order valence-corrected chi connectivity index (χ1v) is 10.5. The fourth-order valence-corrected chi connectivity index (χ4v) is 3.46. The quantitative estimate of drug-likeness (QED) is 0.392. The summed E-state index contributed by atoms with van der Waals surface area (Å²) >= 11 is 1.27. The van der Waals surface area contributed by atoms with Crippen LogP contribution < -0.4 is 20.1 Å². The van der Waals surface area contributed by atoms with Gasteiger partial charge in [-0.25, -0.2) is 0 Å². The van der Waals surface area contributed by atoms with Crippen LogP contribution in [-0.2, 0) is 4.79 Å². The lowest BCUT2D eigenvalue weighted by atomic mass is 10.1. The summed E-state index contributed by atoms with van der Waals surface area (Å²) < 4.78 is 10.6. The van der Waals surface area contributed by atoms with E-state index in [2.05, 4.69) is 10.6 Å². The molecule has 0 aliphatic heterocycles. The Morgan fingerprint density at radius 3 is 2.25 bits per heavy atom. The average Bonchev–Trinajstić information content (AvgIpc) is 3.34.